The van der Waals surface area contributed by atoms with Crippen LogP contribution in [0.15, 0.2) is 77.7 Å². The number of carbonyl (C=O) groups is 1. The Hall–Kier alpha value is -3.67. The van der Waals surface area contributed by atoms with Crippen LogP contribution in [-0.2, 0) is 23.1 Å². The molecule has 0 unspecified atom stereocenters. The molecule has 4 rings (SSSR count). The highest BCUT2D eigenvalue weighted by Gasteiger charge is 2.28. The molecule has 3 aromatic carbocycles. The topological polar surface area (TPSA) is 108 Å². The van der Waals surface area contributed by atoms with Crippen LogP contribution < -0.4 is 14.8 Å². The number of para-hydroxylation sites is 1. The lowest BCUT2D eigenvalue weighted by atomic mass is 10.1. The van der Waals surface area contributed by atoms with Gasteiger partial charge in [-0.25, -0.2) is 13.1 Å². The summed E-state index contributed by atoms with van der Waals surface area (Å²) in [5.74, 6) is 0.317. The molecule has 0 heterocycles. The molecule has 0 aromatic heterocycles. The Morgan fingerprint density at radius 2 is 1.70 bits per heavy atom. The van der Waals surface area contributed by atoms with Crippen LogP contribution in [0.1, 0.15) is 34.3 Å². The zero-order chi connectivity index (χ0) is 23.3. The molecule has 1 amide bonds. The van der Waals surface area contributed by atoms with Crippen LogP contribution in [0, 0.1) is 11.3 Å². The fraction of sp³-hybridized carbons (Fsp3) is 0.200. The maximum Gasteiger partial charge on any atom is 0.255 e. The van der Waals surface area contributed by atoms with Gasteiger partial charge in [-0.15, -0.1) is 0 Å². The summed E-state index contributed by atoms with van der Waals surface area (Å²) in [6.45, 7) is 0.248. The van der Waals surface area contributed by atoms with E-state index in [0.717, 1.165) is 24.0 Å². The molecule has 0 spiro atoms. The zero-order valence-electron chi connectivity index (χ0n) is 17.8. The van der Waals surface area contributed by atoms with Crippen molar-refractivity contribution in [1.29, 1.82) is 5.26 Å². The van der Waals surface area contributed by atoms with Gasteiger partial charge in [0.05, 0.1) is 17.4 Å². The lowest BCUT2D eigenvalue weighted by Gasteiger charge is -2.13. The Morgan fingerprint density at radius 1 is 1.00 bits per heavy atom. The van der Waals surface area contributed by atoms with Crippen molar-refractivity contribution in [3.63, 3.8) is 0 Å². The van der Waals surface area contributed by atoms with Crippen molar-refractivity contribution in [2.24, 2.45) is 0 Å². The van der Waals surface area contributed by atoms with Gasteiger partial charge in [0.15, 0.2) is 0 Å². The number of benzene rings is 3. The summed E-state index contributed by atoms with van der Waals surface area (Å²) in [4.78, 5) is 12.9. The van der Waals surface area contributed by atoms with Gasteiger partial charge in [0.25, 0.3) is 5.91 Å². The smallest absolute Gasteiger partial charge is 0.255 e. The molecular formula is C25H23N3O4S. The van der Waals surface area contributed by atoms with Gasteiger partial charge in [0, 0.05) is 22.9 Å². The molecule has 0 radical (unpaired) electrons. The second-order valence-electron chi connectivity index (χ2n) is 7.80. The van der Waals surface area contributed by atoms with Crippen LogP contribution in [0.3, 0.4) is 0 Å². The maximum atomic E-state index is 12.7. The van der Waals surface area contributed by atoms with E-state index in [2.05, 4.69) is 16.1 Å². The Morgan fingerprint density at radius 3 is 2.36 bits per heavy atom. The molecule has 0 atom stereocenters. The second-order valence-corrected chi connectivity index (χ2v) is 9.51. The summed E-state index contributed by atoms with van der Waals surface area (Å²) in [5.41, 5.74) is 2.67. The molecule has 2 N–H and O–H groups in total. The lowest BCUT2D eigenvalue weighted by molar-refractivity contribution is 0.102. The highest BCUT2D eigenvalue weighted by Crippen LogP contribution is 2.23. The quantitative estimate of drug-likeness (QED) is 0.500. The van der Waals surface area contributed by atoms with Gasteiger partial charge in [-0.3, -0.25) is 4.79 Å². The molecule has 168 valence electrons. The number of nitrogens with one attached hydrogen (secondary N) is 2. The minimum absolute atomic E-state index is 0.0205. The number of nitrogens with zero attached hydrogens (tertiary/aromatic N) is 1. The summed E-state index contributed by atoms with van der Waals surface area (Å²) < 4.78 is 33.1. The van der Waals surface area contributed by atoms with E-state index < -0.39 is 10.0 Å². The van der Waals surface area contributed by atoms with Crippen LogP contribution in [0.5, 0.6) is 5.75 Å². The lowest BCUT2D eigenvalue weighted by Crippen LogP contribution is -2.25. The number of carbonyl (C=O) groups excluding carboxylic acids is 1. The average Bonchev–Trinajstić information content (AvgIpc) is 3.63. The van der Waals surface area contributed by atoms with Crippen LogP contribution in [0.4, 0.5) is 5.69 Å². The van der Waals surface area contributed by atoms with E-state index in [-0.39, 0.29) is 23.5 Å². The second kappa shape index (κ2) is 9.86. The number of ether oxygens (including phenoxy) is 1. The number of amides is 1. The van der Waals surface area contributed by atoms with Crippen molar-refractivity contribution in [3.8, 4) is 11.8 Å². The van der Waals surface area contributed by atoms with Gasteiger partial charge < -0.3 is 10.1 Å². The molecule has 1 saturated carbocycles. The van der Waals surface area contributed by atoms with E-state index in [4.69, 9.17) is 10.00 Å². The van der Waals surface area contributed by atoms with E-state index in [1.165, 1.54) is 24.3 Å². The minimum Gasteiger partial charge on any atom is -0.489 e. The third kappa shape index (κ3) is 5.98. The summed E-state index contributed by atoms with van der Waals surface area (Å²) in [5, 5.41) is 11.6. The van der Waals surface area contributed by atoms with E-state index in [1.54, 1.807) is 6.07 Å². The van der Waals surface area contributed by atoms with E-state index in [0.29, 0.717) is 23.4 Å². The first-order valence-electron chi connectivity index (χ1n) is 10.5. The van der Waals surface area contributed by atoms with Crippen LogP contribution >= 0.6 is 0 Å². The van der Waals surface area contributed by atoms with Crippen LogP contribution in [0.2, 0.25) is 0 Å². The molecule has 0 bridgehead atoms. The van der Waals surface area contributed by atoms with Crippen molar-refractivity contribution < 1.29 is 17.9 Å². The standard InChI is InChI=1S/C25H23N3O4S/c26-16-15-18-5-11-22(12-6-18)32-17-20-3-1-2-4-24(20)27-25(29)19-7-13-23(14-8-19)33(30,31)28-21-9-10-21/h1-8,11-14,21,28H,9-10,15,17H2,(H,27,29). The Labute approximate surface area is 193 Å². The largest absolute Gasteiger partial charge is 0.489 e. The first-order chi connectivity index (χ1) is 15.9. The third-order valence-corrected chi connectivity index (χ3v) is 6.73. The van der Waals surface area contributed by atoms with E-state index in [1.807, 2.05) is 42.5 Å². The Kier molecular flexibility index (Phi) is 6.73. The monoisotopic (exact) mass is 461 g/mol. The van der Waals surface area contributed by atoms with Gasteiger partial charge in [-0.05, 0) is 60.9 Å². The van der Waals surface area contributed by atoms with Gasteiger partial charge in [-0.2, -0.15) is 5.26 Å². The summed E-state index contributed by atoms with van der Waals surface area (Å²) >= 11 is 0. The van der Waals surface area contributed by atoms with Gasteiger partial charge >= 0.3 is 0 Å². The molecule has 1 fully saturated rings. The fourth-order valence-corrected chi connectivity index (χ4v) is 4.50. The predicted molar refractivity (Wildman–Crippen MR) is 124 cm³/mol. The van der Waals surface area contributed by atoms with Crippen molar-refractivity contribution >= 4 is 21.6 Å². The molecule has 1 aliphatic carbocycles. The van der Waals surface area contributed by atoms with Crippen molar-refractivity contribution in [2.45, 2.75) is 36.8 Å². The predicted octanol–water partition coefficient (Wildman–Crippen LogP) is 4.02. The Bertz CT molecular complexity index is 1280. The number of rotatable bonds is 9. The first-order valence-corrected chi connectivity index (χ1v) is 12.0. The molecule has 0 aliphatic heterocycles. The number of hydrogen-bond donors (Lipinski definition) is 2. The summed E-state index contributed by atoms with van der Waals surface area (Å²) in [6.07, 6.45) is 2.06. The summed E-state index contributed by atoms with van der Waals surface area (Å²) in [6, 6.07) is 22.6. The average molecular weight is 462 g/mol. The molecule has 33 heavy (non-hydrogen) atoms. The molecular weight excluding hydrogens is 438 g/mol. The van der Waals surface area contributed by atoms with Crippen molar-refractivity contribution in [3.05, 3.63) is 89.5 Å². The van der Waals surface area contributed by atoms with Crippen molar-refractivity contribution in [1.82, 2.24) is 4.72 Å². The number of hydrogen-bond acceptors (Lipinski definition) is 5. The fourth-order valence-electron chi connectivity index (χ4n) is 3.19. The van der Waals surface area contributed by atoms with E-state index in [9.17, 15) is 13.2 Å². The van der Waals surface area contributed by atoms with Crippen molar-refractivity contribution in [2.75, 3.05) is 5.32 Å². The number of sulfonamides is 1. The maximum absolute atomic E-state index is 12.7. The Balaban J connectivity index is 1.40. The van der Waals surface area contributed by atoms with E-state index >= 15 is 0 Å². The SMILES string of the molecule is N#CCc1ccc(OCc2ccccc2NC(=O)c2ccc(S(=O)(=O)NC3CC3)cc2)cc1. The number of nitriles is 1. The van der Waals surface area contributed by atoms with Gasteiger partial charge in [0.2, 0.25) is 10.0 Å². The van der Waals surface area contributed by atoms with Crippen LogP contribution in [-0.4, -0.2) is 20.4 Å². The zero-order valence-corrected chi connectivity index (χ0v) is 18.6. The molecule has 8 heteroatoms. The highest BCUT2D eigenvalue weighted by molar-refractivity contribution is 7.89. The third-order valence-electron chi connectivity index (χ3n) is 5.19. The van der Waals surface area contributed by atoms with Gasteiger partial charge in [0.1, 0.15) is 12.4 Å². The molecule has 1 aliphatic rings. The normalized spacial score (nSPS) is 13.2. The molecule has 7 nitrogen and oxygen atoms in total. The molecule has 0 saturated heterocycles. The highest BCUT2D eigenvalue weighted by atomic mass is 32.2. The first kappa shape index (κ1) is 22.5. The molecule has 3 aromatic rings. The minimum atomic E-state index is -3.56. The van der Waals surface area contributed by atoms with Gasteiger partial charge in [-0.1, -0.05) is 30.3 Å². The summed E-state index contributed by atoms with van der Waals surface area (Å²) in [7, 11) is -3.56. The number of anilines is 1. The van der Waals surface area contributed by atoms with Crippen LogP contribution in [0.25, 0.3) is 0 Å².